The van der Waals surface area contributed by atoms with Crippen molar-refractivity contribution in [1.29, 1.82) is 0 Å². The molecule has 0 aliphatic rings. The van der Waals surface area contributed by atoms with Crippen molar-refractivity contribution in [3.05, 3.63) is 39.8 Å². The summed E-state index contributed by atoms with van der Waals surface area (Å²) in [5.74, 6) is -0.300. The topological polar surface area (TPSA) is 90.9 Å². The summed E-state index contributed by atoms with van der Waals surface area (Å²) in [6.07, 6.45) is 0. The number of carbonyl (C=O) groups is 3. The molecule has 0 unspecified atom stereocenters. The van der Waals surface area contributed by atoms with Crippen LogP contribution in [0.25, 0.3) is 0 Å². The summed E-state index contributed by atoms with van der Waals surface area (Å²) in [7, 11) is 1.45. The van der Waals surface area contributed by atoms with Crippen molar-refractivity contribution in [2.45, 2.75) is 27.7 Å². The first-order valence-electron chi connectivity index (χ1n) is 8.67. The molecule has 1 N–H and O–H groups in total. The lowest BCUT2D eigenvalue weighted by molar-refractivity contribution is -0.118. The zero-order valence-corrected chi connectivity index (χ0v) is 17.3. The van der Waals surface area contributed by atoms with E-state index in [1.54, 1.807) is 25.1 Å². The lowest BCUT2D eigenvalue weighted by Crippen LogP contribution is -2.21. The fourth-order valence-electron chi connectivity index (χ4n) is 2.48. The van der Waals surface area contributed by atoms with E-state index in [0.29, 0.717) is 27.6 Å². The number of esters is 1. The van der Waals surface area contributed by atoms with Gasteiger partial charge in [-0.1, -0.05) is 0 Å². The van der Waals surface area contributed by atoms with Crippen LogP contribution in [0, 0.1) is 13.8 Å². The second kappa shape index (κ2) is 9.36. The average Bonchev–Trinajstić information content (AvgIpc) is 2.93. The van der Waals surface area contributed by atoms with E-state index in [1.807, 2.05) is 13.8 Å². The molecule has 0 atom stereocenters. The number of hydrogen-bond acceptors (Lipinski definition) is 7. The van der Waals surface area contributed by atoms with E-state index in [0.717, 1.165) is 10.4 Å². The summed E-state index contributed by atoms with van der Waals surface area (Å²) in [5.41, 5.74) is 1.62. The summed E-state index contributed by atoms with van der Waals surface area (Å²) < 4.78 is 15.8. The van der Waals surface area contributed by atoms with Gasteiger partial charge >= 0.3 is 5.97 Å². The number of Topliss-reactive ketones (excluding diaryl/α,β-unsaturated/α-hetero) is 1. The Labute approximate surface area is 167 Å². The van der Waals surface area contributed by atoms with Gasteiger partial charge in [0.05, 0.1) is 19.3 Å². The maximum absolute atomic E-state index is 12.3. The average molecular weight is 405 g/mol. The Morgan fingerprint density at radius 3 is 2.46 bits per heavy atom. The zero-order valence-electron chi connectivity index (χ0n) is 16.5. The lowest BCUT2D eigenvalue weighted by Gasteiger charge is -2.12. The number of carbonyl (C=O) groups excluding carboxylic acids is 3. The van der Waals surface area contributed by atoms with E-state index in [2.05, 4.69) is 5.32 Å². The summed E-state index contributed by atoms with van der Waals surface area (Å²) in [6, 6.07) is 4.73. The maximum Gasteiger partial charge on any atom is 0.341 e. The van der Waals surface area contributed by atoms with Gasteiger partial charge in [-0.05, 0) is 51.5 Å². The molecule has 0 bridgehead atoms. The van der Waals surface area contributed by atoms with Crippen LogP contribution in [0.1, 0.15) is 45.0 Å². The maximum atomic E-state index is 12.3. The molecule has 1 heterocycles. The second-order valence-electron chi connectivity index (χ2n) is 5.97. The van der Waals surface area contributed by atoms with Crippen molar-refractivity contribution in [3.63, 3.8) is 0 Å². The number of ether oxygens (including phenoxy) is 3. The van der Waals surface area contributed by atoms with Gasteiger partial charge in [-0.25, -0.2) is 4.79 Å². The van der Waals surface area contributed by atoms with Gasteiger partial charge in [-0.3, -0.25) is 9.59 Å². The van der Waals surface area contributed by atoms with Crippen LogP contribution in [0.15, 0.2) is 18.2 Å². The number of thiophene rings is 1. The molecular formula is C20H23NO6S. The van der Waals surface area contributed by atoms with Gasteiger partial charge in [-0.2, -0.15) is 0 Å². The minimum Gasteiger partial charge on any atom is -0.493 e. The number of ketones is 1. The van der Waals surface area contributed by atoms with Crippen molar-refractivity contribution in [2.24, 2.45) is 0 Å². The fourth-order valence-corrected chi connectivity index (χ4v) is 3.54. The van der Waals surface area contributed by atoms with Crippen molar-refractivity contribution in [3.8, 4) is 11.5 Å². The Hall–Kier alpha value is -2.87. The molecule has 1 amide bonds. The molecule has 0 saturated heterocycles. The molecule has 0 aliphatic heterocycles. The molecule has 28 heavy (non-hydrogen) atoms. The zero-order chi connectivity index (χ0) is 20.8. The number of amides is 1. The normalized spacial score (nSPS) is 10.3. The van der Waals surface area contributed by atoms with Gasteiger partial charge in [0.2, 0.25) is 0 Å². The van der Waals surface area contributed by atoms with Gasteiger partial charge in [0.1, 0.15) is 5.00 Å². The standard InChI is InChI=1S/C20H23NO6S/c1-6-26-20(24)18-11(2)13(4)28-19(18)21-17(23)10-27-15-8-7-14(12(3)22)9-16(15)25-5/h7-9H,6,10H2,1-5H3,(H,21,23). The largest absolute Gasteiger partial charge is 0.493 e. The van der Waals surface area contributed by atoms with Crippen LogP contribution in [0.2, 0.25) is 0 Å². The highest BCUT2D eigenvalue weighted by Gasteiger charge is 2.22. The second-order valence-corrected chi connectivity index (χ2v) is 7.19. The number of methoxy groups -OCH3 is 1. The number of anilines is 1. The molecule has 0 radical (unpaired) electrons. The lowest BCUT2D eigenvalue weighted by atomic mass is 10.1. The van der Waals surface area contributed by atoms with Crippen LogP contribution in [0.3, 0.4) is 0 Å². The summed E-state index contributed by atoms with van der Waals surface area (Å²) in [5, 5.41) is 3.14. The van der Waals surface area contributed by atoms with Gasteiger partial charge < -0.3 is 19.5 Å². The van der Waals surface area contributed by atoms with Crippen LogP contribution >= 0.6 is 11.3 Å². The highest BCUT2D eigenvalue weighted by atomic mass is 32.1. The quantitative estimate of drug-likeness (QED) is 0.531. The Bertz CT molecular complexity index is 902. The van der Waals surface area contributed by atoms with E-state index in [4.69, 9.17) is 14.2 Å². The van der Waals surface area contributed by atoms with E-state index in [1.165, 1.54) is 25.4 Å². The Balaban J connectivity index is 2.11. The molecule has 0 spiro atoms. The molecule has 1 aromatic carbocycles. The number of nitrogens with one attached hydrogen (secondary N) is 1. The molecule has 8 heteroatoms. The molecule has 150 valence electrons. The first kappa shape index (κ1) is 21.4. The first-order chi connectivity index (χ1) is 13.3. The van der Waals surface area contributed by atoms with Gasteiger partial charge in [0, 0.05) is 10.4 Å². The number of aryl methyl sites for hydroxylation is 1. The summed E-state index contributed by atoms with van der Waals surface area (Å²) in [6.45, 7) is 6.83. The summed E-state index contributed by atoms with van der Waals surface area (Å²) >= 11 is 1.31. The predicted molar refractivity (Wildman–Crippen MR) is 107 cm³/mol. The van der Waals surface area contributed by atoms with Crippen LogP contribution in [-0.2, 0) is 9.53 Å². The smallest absolute Gasteiger partial charge is 0.341 e. The minimum atomic E-state index is -0.470. The van der Waals surface area contributed by atoms with Crippen molar-refractivity contribution in [1.82, 2.24) is 0 Å². The molecule has 0 saturated carbocycles. The van der Waals surface area contributed by atoms with Gasteiger partial charge in [0.15, 0.2) is 23.9 Å². The number of rotatable bonds is 8. The molecule has 2 aromatic rings. The highest BCUT2D eigenvalue weighted by molar-refractivity contribution is 7.16. The monoisotopic (exact) mass is 405 g/mol. The third kappa shape index (κ3) is 4.89. The Morgan fingerprint density at radius 1 is 1.14 bits per heavy atom. The van der Waals surface area contributed by atoms with E-state index in [-0.39, 0.29) is 19.0 Å². The Morgan fingerprint density at radius 2 is 1.86 bits per heavy atom. The van der Waals surface area contributed by atoms with Crippen LogP contribution in [0.5, 0.6) is 11.5 Å². The summed E-state index contributed by atoms with van der Waals surface area (Å²) in [4.78, 5) is 36.9. The first-order valence-corrected chi connectivity index (χ1v) is 9.48. The molecule has 2 rings (SSSR count). The fraction of sp³-hybridized carbons (Fsp3) is 0.350. The van der Waals surface area contributed by atoms with Crippen molar-refractivity contribution >= 4 is 34.0 Å². The third-order valence-electron chi connectivity index (χ3n) is 4.05. The van der Waals surface area contributed by atoms with Crippen LogP contribution < -0.4 is 14.8 Å². The van der Waals surface area contributed by atoms with Gasteiger partial charge in [0.25, 0.3) is 5.91 Å². The van der Waals surface area contributed by atoms with E-state index >= 15 is 0 Å². The molecular weight excluding hydrogens is 382 g/mol. The third-order valence-corrected chi connectivity index (χ3v) is 5.17. The highest BCUT2D eigenvalue weighted by Crippen LogP contribution is 2.33. The van der Waals surface area contributed by atoms with Crippen LogP contribution in [0.4, 0.5) is 5.00 Å². The van der Waals surface area contributed by atoms with E-state index in [9.17, 15) is 14.4 Å². The van der Waals surface area contributed by atoms with Gasteiger partial charge in [-0.15, -0.1) is 11.3 Å². The molecule has 0 fully saturated rings. The van der Waals surface area contributed by atoms with E-state index < -0.39 is 11.9 Å². The van der Waals surface area contributed by atoms with Crippen LogP contribution in [-0.4, -0.2) is 38.0 Å². The molecule has 1 aromatic heterocycles. The molecule has 0 aliphatic carbocycles. The van der Waals surface area contributed by atoms with Crippen molar-refractivity contribution < 1.29 is 28.6 Å². The SMILES string of the molecule is CCOC(=O)c1c(NC(=O)COc2ccc(C(C)=O)cc2OC)sc(C)c1C. The van der Waals surface area contributed by atoms with Crippen molar-refractivity contribution in [2.75, 3.05) is 25.6 Å². The number of hydrogen-bond donors (Lipinski definition) is 1. The predicted octanol–water partition coefficient (Wildman–Crippen LogP) is 3.77. The molecule has 7 nitrogen and oxygen atoms in total. The number of benzene rings is 1. The minimum absolute atomic E-state index is 0.0995. The Kier molecular flexibility index (Phi) is 7.17.